The molecule has 1 N–H and O–H groups in total. The van der Waals surface area contributed by atoms with Crippen LogP contribution in [-0.4, -0.2) is 0 Å². The Morgan fingerprint density at radius 2 is 1.89 bits per heavy atom. The van der Waals surface area contributed by atoms with E-state index in [1.54, 1.807) is 12.1 Å². The third-order valence-electron chi connectivity index (χ3n) is 2.58. The highest BCUT2D eigenvalue weighted by Crippen LogP contribution is 2.21. The van der Waals surface area contributed by atoms with Gasteiger partial charge in [-0.15, -0.1) is 0 Å². The predicted molar refractivity (Wildman–Crippen MR) is 72.5 cm³/mol. The molecule has 0 atom stereocenters. The summed E-state index contributed by atoms with van der Waals surface area (Å²) in [5, 5.41) is 11.5. The summed E-state index contributed by atoms with van der Waals surface area (Å²) in [4.78, 5) is 0. The van der Waals surface area contributed by atoms with Gasteiger partial charge in [0.1, 0.15) is 11.6 Å². The van der Waals surface area contributed by atoms with Crippen LogP contribution in [0.5, 0.6) is 0 Å². The van der Waals surface area contributed by atoms with E-state index >= 15 is 0 Å². The lowest BCUT2D eigenvalue weighted by Crippen LogP contribution is -2.03. The predicted octanol–water partition coefficient (Wildman–Crippen LogP) is 4.21. The number of nitriles is 1. The van der Waals surface area contributed by atoms with Gasteiger partial charge in [0.05, 0.1) is 17.3 Å². The Balaban J connectivity index is 2.15. The lowest BCUT2D eigenvalue weighted by Gasteiger charge is -2.09. The highest BCUT2D eigenvalue weighted by atomic mass is 79.9. The molecule has 0 aliphatic carbocycles. The van der Waals surface area contributed by atoms with Crippen molar-refractivity contribution in [1.29, 1.82) is 5.26 Å². The molecule has 0 unspecified atom stereocenters. The van der Waals surface area contributed by atoms with Crippen LogP contribution in [0.15, 0.2) is 40.9 Å². The summed E-state index contributed by atoms with van der Waals surface area (Å²) in [5.74, 6) is -0.890. The van der Waals surface area contributed by atoms with E-state index < -0.39 is 11.6 Å². The second-order valence-electron chi connectivity index (χ2n) is 3.90. The maximum Gasteiger partial charge on any atom is 0.146 e. The number of rotatable bonds is 3. The summed E-state index contributed by atoms with van der Waals surface area (Å²) in [7, 11) is 0. The van der Waals surface area contributed by atoms with E-state index in [1.807, 2.05) is 6.07 Å². The van der Waals surface area contributed by atoms with Gasteiger partial charge in [0, 0.05) is 16.6 Å². The first kappa shape index (κ1) is 13.5. The Labute approximate surface area is 117 Å². The van der Waals surface area contributed by atoms with Gasteiger partial charge in [0.15, 0.2) is 0 Å². The summed E-state index contributed by atoms with van der Waals surface area (Å²) in [5.41, 5.74) is 0.923. The number of benzene rings is 2. The Bertz CT molecular complexity index is 650. The molecular formula is C14H9BrF2N2. The van der Waals surface area contributed by atoms with Crippen LogP contribution in [-0.2, 0) is 6.54 Å². The van der Waals surface area contributed by atoms with Gasteiger partial charge in [-0.1, -0.05) is 22.0 Å². The molecule has 0 amide bonds. The van der Waals surface area contributed by atoms with Crippen LogP contribution in [0, 0.1) is 23.0 Å². The van der Waals surface area contributed by atoms with Gasteiger partial charge in [-0.2, -0.15) is 5.26 Å². The quantitative estimate of drug-likeness (QED) is 0.918. The van der Waals surface area contributed by atoms with Gasteiger partial charge in [-0.3, -0.25) is 0 Å². The Morgan fingerprint density at radius 3 is 2.58 bits per heavy atom. The highest BCUT2D eigenvalue weighted by Gasteiger charge is 2.06. The molecule has 0 radical (unpaired) electrons. The zero-order valence-corrected chi connectivity index (χ0v) is 11.3. The first-order chi connectivity index (χ1) is 9.10. The van der Waals surface area contributed by atoms with E-state index in [-0.39, 0.29) is 17.8 Å². The van der Waals surface area contributed by atoms with E-state index in [0.29, 0.717) is 5.56 Å². The molecule has 2 nitrogen and oxygen atoms in total. The Kier molecular flexibility index (Phi) is 4.13. The lowest BCUT2D eigenvalue weighted by molar-refractivity contribution is 0.610. The van der Waals surface area contributed by atoms with E-state index in [0.717, 1.165) is 10.5 Å². The second kappa shape index (κ2) is 5.81. The van der Waals surface area contributed by atoms with Crippen molar-refractivity contribution in [3.8, 4) is 6.07 Å². The smallest absolute Gasteiger partial charge is 0.146 e. The molecule has 0 saturated carbocycles. The van der Waals surface area contributed by atoms with Crippen LogP contribution in [0.25, 0.3) is 0 Å². The molecule has 2 aromatic rings. The van der Waals surface area contributed by atoms with Crippen molar-refractivity contribution < 1.29 is 8.78 Å². The SMILES string of the molecule is N#Cc1ccc(CNc2cc(Br)ccc2F)c(F)c1. The summed E-state index contributed by atoms with van der Waals surface area (Å²) in [6.07, 6.45) is 0. The van der Waals surface area contributed by atoms with Gasteiger partial charge >= 0.3 is 0 Å². The average Bonchev–Trinajstić information content (AvgIpc) is 2.40. The van der Waals surface area contributed by atoms with Crippen LogP contribution in [0.1, 0.15) is 11.1 Å². The fourth-order valence-corrected chi connectivity index (χ4v) is 1.94. The lowest BCUT2D eigenvalue weighted by atomic mass is 10.1. The van der Waals surface area contributed by atoms with Crippen molar-refractivity contribution in [2.24, 2.45) is 0 Å². The molecule has 0 spiro atoms. The van der Waals surface area contributed by atoms with Gasteiger partial charge in [-0.05, 0) is 30.3 Å². The Hall–Kier alpha value is -1.93. The van der Waals surface area contributed by atoms with Crippen molar-refractivity contribution in [1.82, 2.24) is 0 Å². The minimum absolute atomic E-state index is 0.144. The summed E-state index contributed by atoms with van der Waals surface area (Å²) >= 11 is 3.24. The molecule has 2 rings (SSSR count). The highest BCUT2D eigenvalue weighted by molar-refractivity contribution is 9.10. The molecule has 0 aliphatic rings. The topological polar surface area (TPSA) is 35.8 Å². The van der Waals surface area contributed by atoms with Crippen molar-refractivity contribution in [3.05, 3.63) is 63.6 Å². The van der Waals surface area contributed by atoms with E-state index in [9.17, 15) is 8.78 Å². The van der Waals surface area contributed by atoms with E-state index in [2.05, 4.69) is 21.2 Å². The zero-order chi connectivity index (χ0) is 13.8. The molecule has 19 heavy (non-hydrogen) atoms. The fourth-order valence-electron chi connectivity index (χ4n) is 1.58. The molecular weight excluding hydrogens is 314 g/mol. The summed E-state index contributed by atoms with van der Waals surface area (Å²) < 4.78 is 27.8. The van der Waals surface area contributed by atoms with Crippen LogP contribution in [0.4, 0.5) is 14.5 Å². The first-order valence-electron chi connectivity index (χ1n) is 5.47. The largest absolute Gasteiger partial charge is 0.378 e. The van der Waals surface area contributed by atoms with Gasteiger partial charge < -0.3 is 5.32 Å². The summed E-state index contributed by atoms with van der Waals surface area (Å²) in [6, 6.07) is 10.5. The molecule has 2 aromatic carbocycles. The molecule has 0 bridgehead atoms. The maximum absolute atomic E-state index is 13.6. The number of hydrogen-bond acceptors (Lipinski definition) is 2. The first-order valence-corrected chi connectivity index (χ1v) is 6.27. The van der Waals surface area contributed by atoms with Crippen molar-refractivity contribution in [3.63, 3.8) is 0 Å². The standard InChI is InChI=1S/C14H9BrF2N2/c15-11-3-4-12(16)14(6-11)19-8-10-2-1-9(7-18)5-13(10)17/h1-6,19H,8H2. The number of nitrogens with one attached hydrogen (secondary N) is 1. The fraction of sp³-hybridized carbons (Fsp3) is 0.0714. The zero-order valence-electron chi connectivity index (χ0n) is 9.75. The molecule has 96 valence electrons. The maximum atomic E-state index is 13.6. The number of halogens is 3. The number of nitrogens with zero attached hydrogens (tertiary/aromatic N) is 1. The Morgan fingerprint density at radius 1 is 1.11 bits per heavy atom. The van der Waals surface area contributed by atoms with Crippen LogP contribution < -0.4 is 5.32 Å². The molecule has 0 heterocycles. The van der Waals surface area contributed by atoms with E-state index in [4.69, 9.17) is 5.26 Å². The molecule has 0 saturated heterocycles. The minimum atomic E-state index is -0.484. The van der Waals surface area contributed by atoms with Crippen LogP contribution >= 0.6 is 15.9 Å². The second-order valence-corrected chi connectivity index (χ2v) is 4.81. The molecule has 0 fully saturated rings. The monoisotopic (exact) mass is 322 g/mol. The van der Waals surface area contributed by atoms with Gasteiger partial charge in [0.2, 0.25) is 0 Å². The molecule has 5 heteroatoms. The van der Waals surface area contributed by atoms with Crippen LogP contribution in [0.2, 0.25) is 0 Å². The average molecular weight is 323 g/mol. The van der Waals surface area contributed by atoms with Crippen molar-refractivity contribution in [2.45, 2.75) is 6.54 Å². The number of anilines is 1. The van der Waals surface area contributed by atoms with Crippen molar-refractivity contribution >= 4 is 21.6 Å². The van der Waals surface area contributed by atoms with Gasteiger partial charge in [0.25, 0.3) is 0 Å². The van der Waals surface area contributed by atoms with Gasteiger partial charge in [-0.25, -0.2) is 8.78 Å². The third kappa shape index (κ3) is 3.30. The van der Waals surface area contributed by atoms with E-state index in [1.165, 1.54) is 18.2 Å². The van der Waals surface area contributed by atoms with Crippen LogP contribution in [0.3, 0.4) is 0 Å². The third-order valence-corrected chi connectivity index (χ3v) is 3.07. The normalized spacial score (nSPS) is 10.0. The molecule has 0 aromatic heterocycles. The van der Waals surface area contributed by atoms with Crippen molar-refractivity contribution in [2.75, 3.05) is 5.32 Å². The molecule has 0 aliphatic heterocycles. The minimum Gasteiger partial charge on any atom is -0.378 e. The number of hydrogen-bond donors (Lipinski definition) is 1. The summed E-state index contributed by atoms with van der Waals surface area (Å²) in [6.45, 7) is 0.144.